The Morgan fingerprint density at radius 1 is 1.33 bits per heavy atom. The van der Waals surface area contributed by atoms with E-state index in [4.69, 9.17) is 0 Å². The monoisotopic (exact) mass is 268 g/mol. The largest absolute Gasteiger partial charge is 0.382 e. The average Bonchev–Trinajstić information content (AvgIpc) is 2.37. The van der Waals surface area contributed by atoms with Crippen LogP contribution in [0.5, 0.6) is 0 Å². The molecule has 0 radical (unpaired) electrons. The van der Waals surface area contributed by atoms with E-state index in [2.05, 4.69) is 10.6 Å². The second-order valence-electron chi connectivity index (χ2n) is 4.80. The minimum absolute atomic E-state index is 0.376. The lowest BCUT2D eigenvalue weighted by Crippen LogP contribution is -2.39. The highest BCUT2D eigenvalue weighted by atomic mass is 32.2. The minimum Gasteiger partial charge on any atom is -0.382 e. The molecule has 1 heterocycles. The van der Waals surface area contributed by atoms with Gasteiger partial charge in [-0.3, -0.25) is 0 Å². The van der Waals surface area contributed by atoms with Crippen LogP contribution in [0, 0.1) is 0 Å². The molecule has 2 rings (SSSR count). The third-order valence-corrected chi connectivity index (χ3v) is 4.39. The zero-order valence-electron chi connectivity index (χ0n) is 10.6. The lowest BCUT2D eigenvalue weighted by molar-refractivity contribution is 0.414. The lowest BCUT2D eigenvalue weighted by atomic mass is 10.1. The number of anilines is 1. The third kappa shape index (κ3) is 3.46. The molecule has 100 valence electrons. The van der Waals surface area contributed by atoms with Gasteiger partial charge < -0.3 is 10.6 Å². The van der Waals surface area contributed by atoms with Gasteiger partial charge in [0.05, 0.1) is 10.6 Å². The van der Waals surface area contributed by atoms with Crippen LogP contribution in [0.1, 0.15) is 19.3 Å². The Bertz CT molecular complexity index is 493. The topological polar surface area (TPSA) is 58.2 Å². The fourth-order valence-electron chi connectivity index (χ4n) is 2.27. The number of benzene rings is 1. The number of para-hydroxylation sites is 1. The fraction of sp³-hybridized carbons (Fsp3) is 0.538. The Hall–Kier alpha value is -1.07. The van der Waals surface area contributed by atoms with E-state index in [1.165, 1.54) is 19.1 Å². The lowest BCUT2D eigenvalue weighted by Gasteiger charge is -2.24. The maximum Gasteiger partial charge on any atom is 0.177 e. The molecule has 1 aliphatic heterocycles. The van der Waals surface area contributed by atoms with Gasteiger partial charge in [0.15, 0.2) is 9.84 Å². The zero-order chi connectivity index (χ0) is 13.0. The summed E-state index contributed by atoms with van der Waals surface area (Å²) >= 11 is 0. The maximum absolute atomic E-state index is 11.6. The molecule has 1 unspecified atom stereocenters. The van der Waals surface area contributed by atoms with Crippen LogP contribution in [0.2, 0.25) is 0 Å². The van der Waals surface area contributed by atoms with Crippen LogP contribution in [-0.4, -0.2) is 33.8 Å². The van der Waals surface area contributed by atoms with Crippen LogP contribution in [0.25, 0.3) is 0 Å². The Morgan fingerprint density at radius 2 is 2.11 bits per heavy atom. The standard InChI is InChI=1S/C13H20N2O2S/c1-18(16,17)13-8-3-2-7-12(13)15-10-11-6-4-5-9-14-11/h2-3,7-8,11,14-15H,4-6,9-10H2,1H3. The predicted molar refractivity (Wildman–Crippen MR) is 73.7 cm³/mol. The van der Waals surface area contributed by atoms with Gasteiger partial charge in [0, 0.05) is 18.8 Å². The number of rotatable bonds is 4. The normalized spacial score (nSPS) is 20.6. The minimum atomic E-state index is -3.17. The summed E-state index contributed by atoms with van der Waals surface area (Å²) in [6, 6.07) is 7.50. The zero-order valence-corrected chi connectivity index (χ0v) is 11.5. The van der Waals surface area contributed by atoms with Gasteiger partial charge >= 0.3 is 0 Å². The number of nitrogens with one attached hydrogen (secondary N) is 2. The fourth-order valence-corrected chi connectivity index (χ4v) is 3.13. The first kappa shape index (κ1) is 13.4. The van der Waals surface area contributed by atoms with Crippen molar-refractivity contribution in [2.24, 2.45) is 0 Å². The van der Waals surface area contributed by atoms with Crippen LogP contribution in [0.3, 0.4) is 0 Å². The van der Waals surface area contributed by atoms with Crippen molar-refractivity contribution in [2.45, 2.75) is 30.2 Å². The second-order valence-corrected chi connectivity index (χ2v) is 6.78. The molecular weight excluding hydrogens is 248 g/mol. The number of hydrogen-bond acceptors (Lipinski definition) is 4. The second kappa shape index (κ2) is 5.71. The van der Waals surface area contributed by atoms with Gasteiger partial charge in [-0.25, -0.2) is 8.42 Å². The smallest absolute Gasteiger partial charge is 0.177 e. The van der Waals surface area contributed by atoms with E-state index in [-0.39, 0.29) is 0 Å². The number of piperidine rings is 1. The van der Waals surface area contributed by atoms with Crippen molar-refractivity contribution < 1.29 is 8.42 Å². The van der Waals surface area contributed by atoms with E-state index in [9.17, 15) is 8.42 Å². The summed E-state index contributed by atoms with van der Waals surface area (Å²) in [5, 5.41) is 6.68. The summed E-state index contributed by atoms with van der Waals surface area (Å²) < 4.78 is 23.3. The van der Waals surface area contributed by atoms with E-state index >= 15 is 0 Å². The third-order valence-electron chi connectivity index (χ3n) is 3.24. The number of sulfone groups is 1. The van der Waals surface area contributed by atoms with Crippen LogP contribution < -0.4 is 10.6 Å². The van der Waals surface area contributed by atoms with Gasteiger partial charge in [0.25, 0.3) is 0 Å². The summed E-state index contributed by atoms with van der Waals surface area (Å²) in [5.74, 6) is 0. The van der Waals surface area contributed by atoms with E-state index in [0.717, 1.165) is 19.5 Å². The van der Waals surface area contributed by atoms with E-state index < -0.39 is 9.84 Å². The van der Waals surface area contributed by atoms with E-state index in [0.29, 0.717) is 16.6 Å². The van der Waals surface area contributed by atoms with Gasteiger partial charge in [-0.05, 0) is 31.5 Å². The molecule has 2 N–H and O–H groups in total. The molecule has 0 bridgehead atoms. The summed E-state index contributed by atoms with van der Waals surface area (Å²) in [4.78, 5) is 0.376. The van der Waals surface area contributed by atoms with Crippen molar-refractivity contribution in [3.8, 4) is 0 Å². The van der Waals surface area contributed by atoms with E-state index in [1.807, 2.05) is 12.1 Å². The molecule has 18 heavy (non-hydrogen) atoms. The van der Waals surface area contributed by atoms with Crippen molar-refractivity contribution in [3.05, 3.63) is 24.3 Å². The molecule has 1 aliphatic rings. The molecule has 1 saturated heterocycles. The first-order chi connectivity index (χ1) is 8.57. The quantitative estimate of drug-likeness (QED) is 0.871. The first-order valence-corrected chi connectivity index (χ1v) is 8.23. The highest BCUT2D eigenvalue weighted by Crippen LogP contribution is 2.20. The van der Waals surface area contributed by atoms with Crippen molar-refractivity contribution in [3.63, 3.8) is 0 Å². The molecule has 0 aromatic heterocycles. The van der Waals surface area contributed by atoms with Crippen molar-refractivity contribution in [2.75, 3.05) is 24.7 Å². The molecule has 1 aromatic rings. The van der Waals surface area contributed by atoms with Gasteiger partial charge in [0.1, 0.15) is 0 Å². The molecular formula is C13H20N2O2S. The molecule has 0 amide bonds. The SMILES string of the molecule is CS(=O)(=O)c1ccccc1NCC1CCCCN1. The molecule has 0 aliphatic carbocycles. The summed E-state index contributed by atoms with van der Waals surface area (Å²) in [6.45, 7) is 1.83. The Labute approximate surface area is 109 Å². The molecule has 0 spiro atoms. The summed E-state index contributed by atoms with van der Waals surface area (Å²) in [7, 11) is -3.17. The van der Waals surface area contributed by atoms with Crippen molar-refractivity contribution in [1.29, 1.82) is 0 Å². The van der Waals surface area contributed by atoms with Gasteiger partial charge in [-0.1, -0.05) is 18.6 Å². The highest BCUT2D eigenvalue weighted by molar-refractivity contribution is 7.90. The van der Waals surface area contributed by atoms with Gasteiger partial charge in [0.2, 0.25) is 0 Å². The van der Waals surface area contributed by atoms with Crippen molar-refractivity contribution >= 4 is 15.5 Å². The van der Waals surface area contributed by atoms with Crippen molar-refractivity contribution in [1.82, 2.24) is 5.32 Å². The van der Waals surface area contributed by atoms with Crippen LogP contribution in [0.4, 0.5) is 5.69 Å². The molecule has 1 aromatic carbocycles. The first-order valence-electron chi connectivity index (χ1n) is 6.34. The number of hydrogen-bond donors (Lipinski definition) is 2. The van der Waals surface area contributed by atoms with Crippen LogP contribution in [0.15, 0.2) is 29.2 Å². The average molecular weight is 268 g/mol. The summed E-state index contributed by atoms with van der Waals surface area (Å²) in [6.07, 6.45) is 4.86. The Kier molecular flexibility index (Phi) is 4.24. The highest BCUT2D eigenvalue weighted by Gasteiger charge is 2.15. The molecule has 1 fully saturated rings. The Morgan fingerprint density at radius 3 is 2.78 bits per heavy atom. The predicted octanol–water partition coefficient (Wildman–Crippen LogP) is 1.64. The van der Waals surface area contributed by atoms with E-state index in [1.54, 1.807) is 12.1 Å². The van der Waals surface area contributed by atoms with Gasteiger partial charge in [-0.15, -0.1) is 0 Å². The summed E-state index contributed by atoms with van der Waals surface area (Å²) in [5.41, 5.74) is 0.701. The molecule has 4 nitrogen and oxygen atoms in total. The molecule has 1 atom stereocenters. The van der Waals surface area contributed by atoms with Gasteiger partial charge in [-0.2, -0.15) is 0 Å². The van der Waals surface area contributed by atoms with Crippen LogP contribution >= 0.6 is 0 Å². The molecule has 5 heteroatoms. The molecule has 0 saturated carbocycles. The Balaban J connectivity index is 2.05. The van der Waals surface area contributed by atoms with Crippen LogP contribution in [-0.2, 0) is 9.84 Å². The maximum atomic E-state index is 11.6.